The van der Waals surface area contributed by atoms with Crippen LogP contribution in [0, 0.1) is 13.8 Å². The summed E-state index contributed by atoms with van der Waals surface area (Å²) in [6.45, 7) is 7.77. The zero-order valence-electron chi connectivity index (χ0n) is 11.7. The lowest BCUT2D eigenvalue weighted by molar-refractivity contribution is -0.112. The number of aryl methyl sites for hydroxylation is 2. The molecule has 0 radical (unpaired) electrons. The molecule has 2 rings (SSSR count). The number of amides is 1. The molecule has 0 spiro atoms. The van der Waals surface area contributed by atoms with E-state index in [9.17, 15) is 4.79 Å². The number of hydrogen-bond donors (Lipinski definition) is 2. The number of carbonyl (C=O) groups excluding carboxylic acids is 1. The molecule has 3 nitrogen and oxygen atoms in total. The molecular weight excluding hydrogens is 248 g/mol. The van der Waals surface area contributed by atoms with Gasteiger partial charge in [-0.2, -0.15) is 0 Å². The Morgan fingerprint density at radius 2 is 1.60 bits per heavy atom. The van der Waals surface area contributed by atoms with Gasteiger partial charge in [-0.25, -0.2) is 0 Å². The number of para-hydroxylation sites is 1. The Balaban J connectivity index is 2.01. The number of rotatable bonds is 4. The van der Waals surface area contributed by atoms with Gasteiger partial charge in [-0.3, -0.25) is 4.79 Å². The maximum absolute atomic E-state index is 12.0. The summed E-state index contributed by atoms with van der Waals surface area (Å²) in [6, 6.07) is 15.4. The number of benzene rings is 2. The molecule has 0 aliphatic heterocycles. The van der Waals surface area contributed by atoms with Crippen LogP contribution >= 0.6 is 0 Å². The van der Waals surface area contributed by atoms with Crippen LogP contribution in [0.15, 0.2) is 60.8 Å². The molecule has 20 heavy (non-hydrogen) atoms. The van der Waals surface area contributed by atoms with Gasteiger partial charge in [-0.1, -0.05) is 42.5 Å². The Labute approximate surface area is 119 Å². The normalized spacial score (nSPS) is 9.90. The maximum atomic E-state index is 12.0. The van der Waals surface area contributed by atoms with Crippen LogP contribution in [0.4, 0.5) is 11.4 Å². The molecule has 0 saturated carbocycles. The number of carbonyl (C=O) groups is 1. The van der Waals surface area contributed by atoms with Gasteiger partial charge in [0.1, 0.15) is 0 Å². The van der Waals surface area contributed by atoms with Crippen molar-refractivity contribution in [2.45, 2.75) is 13.8 Å². The van der Waals surface area contributed by atoms with Crippen molar-refractivity contribution in [3.8, 4) is 0 Å². The van der Waals surface area contributed by atoms with Gasteiger partial charge >= 0.3 is 0 Å². The van der Waals surface area contributed by atoms with Crippen LogP contribution in [0.2, 0.25) is 0 Å². The Morgan fingerprint density at radius 3 is 2.25 bits per heavy atom. The van der Waals surface area contributed by atoms with Gasteiger partial charge in [0, 0.05) is 11.4 Å². The van der Waals surface area contributed by atoms with Gasteiger partial charge in [0.15, 0.2) is 0 Å². The summed E-state index contributed by atoms with van der Waals surface area (Å²) in [5.74, 6) is -0.239. The number of anilines is 2. The SMILES string of the molecule is C=C(Nc1ccccc1C)C(=O)Nc1ccc(C)cc1. The predicted octanol–water partition coefficient (Wildman–Crippen LogP) is 3.87. The minimum atomic E-state index is -0.239. The monoisotopic (exact) mass is 266 g/mol. The molecule has 3 heteroatoms. The highest BCUT2D eigenvalue weighted by atomic mass is 16.2. The summed E-state index contributed by atoms with van der Waals surface area (Å²) in [7, 11) is 0. The standard InChI is InChI=1S/C17H18N2O/c1-12-8-10-15(11-9-12)19-17(20)14(3)18-16-7-5-4-6-13(16)2/h4-11,18H,3H2,1-2H3,(H,19,20). The molecule has 0 aliphatic carbocycles. The van der Waals surface area contributed by atoms with Crippen LogP contribution in [0.3, 0.4) is 0 Å². The first kappa shape index (κ1) is 13.9. The Bertz CT molecular complexity index is 630. The van der Waals surface area contributed by atoms with Crippen molar-refractivity contribution in [1.82, 2.24) is 0 Å². The van der Waals surface area contributed by atoms with Crippen molar-refractivity contribution in [3.63, 3.8) is 0 Å². The van der Waals surface area contributed by atoms with Crippen LogP contribution in [-0.4, -0.2) is 5.91 Å². The van der Waals surface area contributed by atoms with E-state index < -0.39 is 0 Å². The van der Waals surface area contributed by atoms with Crippen LogP contribution in [0.5, 0.6) is 0 Å². The highest BCUT2D eigenvalue weighted by Crippen LogP contribution is 2.16. The fourth-order valence-corrected chi connectivity index (χ4v) is 1.78. The summed E-state index contributed by atoms with van der Waals surface area (Å²) >= 11 is 0. The zero-order valence-corrected chi connectivity index (χ0v) is 11.7. The third-order valence-electron chi connectivity index (χ3n) is 3.01. The van der Waals surface area contributed by atoms with Gasteiger partial charge < -0.3 is 10.6 Å². The zero-order chi connectivity index (χ0) is 14.5. The second-order valence-electron chi connectivity index (χ2n) is 4.74. The lowest BCUT2D eigenvalue weighted by atomic mass is 10.2. The quantitative estimate of drug-likeness (QED) is 0.825. The molecule has 2 aromatic carbocycles. The van der Waals surface area contributed by atoms with E-state index in [0.29, 0.717) is 5.70 Å². The third kappa shape index (κ3) is 3.48. The van der Waals surface area contributed by atoms with Crippen LogP contribution in [-0.2, 0) is 4.79 Å². The Kier molecular flexibility index (Phi) is 4.20. The van der Waals surface area contributed by atoms with Gasteiger partial charge in [-0.05, 0) is 37.6 Å². The number of nitrogens with one attached hydrogen (secondary N) is 2. The molecule has 0 atom stereocenters. The molecule has 0 heterocycles. The molecule has 0 aromatic heterocycles. The smallest absolute Gasteiger partial charge is 0.271 e. The van der Waals surface area contributed by atoms with E-state index in [1.54, 1.807) is 0 Å². The van der Waals surface area contributed by atoms with Crippen molar-refractivity contribution >= 4 is 17.3 Å². The van der Waals surface area contributed by atoms with Gasteiger partial charge in [0.25, 0.3) is 5.91 Å². The fourth-order valence-electron chi connectivity index (χ4n) is 1.78. The van der Waals surface area contributed by atoms with E-state index in [0.717, 1.165) is 22.5 Å². The van der Waals surface area contributed by atoms with Gasteiger partial charge in [0.2, 0.25) is 0 Å². The highest BCUT2D eigenvalue weighted by molar-refractivity contribution is 6.05. The summed E-state index contributed by atoms with van der Waals surface area (Å²) in [6.07, 6.45) is 0. The molecule has 0 aliphatic rings. The van der Waals surface area contributed by atoms with Crippen LogP contribution in [0.1, 0.15) is 11.1 Å². The molecule has 0 bridgehead atoms. The summed E-state index contributed by atoms with van der Waals surface area (Å²) < 4.78 is 0. The fraction of sp³-hybridized carbons (Fsp3) is 0.118. The molecule has 2 aromatic rings. The van der Waals surface area contributed by atoms with E-state index in [-0.39, 0.29) is 5.91 Å². The van der Waals surface area contributed by atoms with E-state index in [1.807, 2.05) is 62.4 Å². The van der Waals surface area contributed by atoms with Gasteiger partial charge in [0.05, 0.1) is 5.70 Å². The van der Waals surface area contributed by atoms with Crippen LogP contribution in [0.25, 0.3) is 0 Å². The largest absolute Gasteiger partial charge is 0.351 e. The van der Waals surface area contributed by atoms with Crippen molar-refractivity contribution in [2.24, 2.45) is 0 Å². The average Bonchev–Trinajstić information content (AvgIpc) is 2.44. The number of hydrogen-bond acceptors (Lipinski definition) is 2. The van der Waals surface area contributed by atoms with Crippen molar-refractivity contribution in [1.29, 1.82) is 0 Å². The Hall–Kier alpha value is -2.55. The van der Waals surface area contributed by atoms with Crippen molar-refractivity contribution in [3.05, 3.63) is 71.9 Å². The summed E-state index contributed by atoms with van der Waals surface area (Å²) in [5, 5.41) is 5.84. The first-order valence-corrected chi connectivity index (χ1v) is 6.46. The van der Waals surface area contributed by atoms with E-state index in [4.69, 9.17) is 0 Å². The second-order valence-corrected chi connectivity index (χ2v) is 4.74. The summed E-state index contributed by atoms with van der Waals surface area (Å²) in [5.41, 5.74) is 4.18. The maximum Gasteiger partial charge on any atom is 0.271 e. The van der Waals surface area contributed by atoms with E-state index in [1.165, 1.54) is 0 Å². The molecule has 102 valence electrons. The first-order chi connectivity index (χ1) is 9.56. The Morgan fingerprint density at radius 1 is 0.950 bits per heavy atom. The molecule has 2 N–H and O–H groups in total. The lowest BCUT2D eigenvalue weighted by Gasteiger charge is -2.12. The average molecular weight is 266 g/mol. The minimum absolute atomic E-state index is 0.239. The second kappa shape index (κ2) is 6.06. The summed E-state index contributed by atoms with van der Waals surface area (Å²) in [4.78, 5) is 12.0. The van der Waals surface area contributed by atoms with Crippen molar-refractivity contribution < 1.29 is 4.79 Å². The minimum Gasteiger partial charge on any atom is -0.351 e. The third-order valence-corrected chi connectivity index (χ3v) is 3.01. The molecule has 0 fully saturated rings. The molecule has 1 amide bonds. The lowest BCUT2D eigenvalue weighted by Crippen LogP contribution is -2.19. The van der Waals surface area contributed by atoms with E-state index >= 15 is 0 Å². The molecule has 0 unspecified atom stereocenters. The molecular formula is C17H18N2O. The van der Waals surface area contributed by atoms with Gasteiger partial charge in [-0.15, -0.1) is 0 Å². The predicted molar refractivity (Wildman–Crippen MR) is 83.8 cm³/mol. The molecule has 0 saturated heterocycles. The van der Waals surface area contributed by atoms with Crippen molar-refractivity contribution in [2.75, 3.05) is 10.6 Å². The van der Waals surface area contributed by atoms with Crippen LogP contribution < -0.4 is 10.6 Å². The topological polar surface area (TPSA) is 41.1 Å². The highest BCUT2D eigenvalue weighted by Gasteiger charge is 2.08. The first-order valence-electron chi connectivity index (χ1n) is 6.46. The van der Waals surface area contributed by atoms with E-state index in [2.05, 4.69) is 17.2 Å².